The third kappa shape index (κ3) is 4.47. The van der Waals surface area contributed by atoms with Gasteiger partial charge in [-0.1, -0.05) is 24.3 Å². The highest BCUT2D eigenvalue weighted by Crippen LogP contribution is 2.21. The van der Waals surface area contributed by atoms with Crippen molar-refractivity contribution in [2.75, 3.05) is 11.5 Å². The van der Waals surface area contributed by atoms with Gasteiger partial charge in [-0.2, -0.15) is 5.10 Å². The zero-order valence-corrected chi connectivity index (χ0v) is 16.8. The summed E-state index contributed by atoms with van der Waals surface area (Å²) in [4.78, 5) is 12.9. The number of hydrogen-bond acceptors (Lipinski definition) is 6. The van der Waals surface area contributed by atoms with Crippen LogP contribution in [-0.2, 0) is 16.3 Å². The van der Waals surface area contributed by atoms with Crippen LogP contribution in [0.5, 0.6) is 0 Å². The largest absolute Gasteiger partial charge is 0.383 e. The molecule has 1 atom stereocenters. The Kier molecular flexibility index (Phi) is 6.14. The van der Waals surface area contributed by atoms with Crippen LogP contribution in [0.1, 0.15) is 21.5 Å². The lowest BCUT2D eigenvalue weighted by Gasteiger charge is -2.12. The maximum Gasteiger partial charge on any atom is 0.198 e. The maximum absolute atomic E-state index is 13.1. The van der Waals surface area contributed by atoms with Gasteiger partial charge in [-0.15, -0.1) is 6.58 Å². The van der Waals surface area contributed by atoms with Crippen molar-refractivity contribution in [3.8, 4) is 5.69 Å². The molecule has 0 aliphatic carbocycles. The van der Waals surface area contributed by atoms with E-state index in [2.05, 4.69) is 11.7 Å². The summed E-state index contributed by atoms with van der Waals surface area (Å²) in [5.41, 5.74) is 13.5. The monoisotopic (exact) mass is 428 g/mol. The van der Waals surface area contributed by atoms with Crippen LogP contribution in [0.3, 0.4) is 0 Å². The number of carbonyl (C=O) groups is 1. The van der Waals surface area contributed by atoms with E-state index in [1.54, 1.807) is 24.3 Å². The minimum atomic E-state index is -3.52. The summed E-state index contributed by atoms with van der Waals surface area (Å²) < 4.78 is 38.6. The maximum atomic E-state index is 13.1. The fourth-order valence-corrected chi connectivity index (χ4v) is 3.99. The molecule has 2 aromatic carbocycles. The summed E-state index contributed by atoms with van der Waals surface area (Å²) in [5.74, 6) is -0.871. The van der Waals surface area contributed by atoms with E-state index in [9.17, 15) is 17.6 Å². The number of hydrogen-bond donors (Lipinski definition) is 2. The van der Waals surface area contributed by atoms with Gasteiger partial charge in [0.1, 0.15) is 17.0 Å². The molecule has 156 valence electrons. The van der Waals surface area contributed by atoms with Crippen LogP contribution >= 0.6 is 0 Å². The number of benzene rings is 2. The van der Waals surface area contributed by atoms with E-state index >= 15 is 0 Å². The number of halogens is 1. The number of aromatic nitrogens is 2. The number of rotatable bonds is 8. The molecule has 0 aliphatic rings. The molecule has 0 aliphatic heterocycles. The van der Waals surface area contributed by atoms with Crippen molar-refractivity contribution in [1.82, 2.24) is 9.78 Å². The molecule has 0 fully saturated rings. The molecule has 0 bridgehead atoms. The van der Waals surface area contributed by atoms with Crippen LogP contribution in [-0.4, -0.2) is 35.1 Å². The van der Waals surface area contributed by atoms with Crippen molar-refractivity contribution in [1.29, 1.82) is 0 Å². The number of anilines is 1. The van der Waals surface area contributed by atoms with Crippen LogP contribution in [0.4, 0.5) is 10.2 Å². The van der Waals surface area contributed by atoms with Gasteiger partial charge < -0.3 is 11.5 Å². The van der Waals surface area contributed by atoms with Gasteiger partial charge in [0, 0.05) is 12.0 Å². The Bertz CT molecular complexity index is 1190. The number of ketones is 1. The molecule has 30 heavy (non-hydrogen) atoms. The van der Waals surface area contributed by atoms with Crippen LogP contribution in [0.25, 0.3) is 5.69 Å². The van der Waals surface area contributed by atoms with E-state index in [4.69, 9.17) is 11.5 Å². The highest BCUT2D eigenvalue weighted by molar-refractivity contribution is 7.92. The Hall–Kier alpha value is -3.30. The molecule has 0 spiro atoms. The van der Waals surface area contributed by atoms with Gasteiger partial charge in [-0.05, 0) is 35.9 Å². The van der Waals surface area contributed by atoms with Gasteiger partial charge in [-0.25, -0.2) is 17.5 Å². The standard InChI is InChI=1S/C21H21FN4O3S/c1-2-10-30(28,29)19(23)12-14-4-3-5-15(11-14)20(27)18-13-25-26(21(18)24)17-8-6-16(22)7-9-17/h2-9,11,13,19H,1,10,12,23-24H2. The van der Waals surface area contributed by atoms with Crippen LogP contribution < -0.4 is 11.5 Å². The lowest BCUT2D eigenvalue weighted by Crippen LogP contribution is -2.34. The van der Waals surface area contributed by atoms with Gasteiger partial charge in [0.15, 0.2) is 15.6 Å². The minimum absolute atomic E-state index is 0.0572. The lowest BCUT2D eigenvalue weighted by atomic mass is 10.0. The Morgan fingerprint density at radius 2 is 1.93 bits per heavy atom. The average molecular weight is 428 g/mol. The predicted octanol–water partition coefficient (Wildman–Crippen LogP) is 2.25. The molecule has 1 heterocycles. The Balaban J connectivity index is 1.85. The number of nitrogen functional groups attached to an aromatic ring is 1. The summed E-state index contributed by atoms with van der Waals surface area (Å²) in [6, 6.07) is 12.1. The van der Waals surface area contributed by atoms with Crippen molar-refractivity contribution >= 4 is 21.4 Å². The SMILES string of the molecule is C=CCS(=O)(=O)C(N)Cc1cccc(C(=O)c2cnn(-c3ccc(F)cc3)c2N)c1. The van der Waals surface area contributed by atoms with Crippen LogP contribution in [0.15, 0.2) is 67.4 Å². The molecular formula is C21H21FN4O3S. The molecule has 0 saturated carbocycles. The second-order valence-electron chi connectivity index (χ2n) is 6.72. The van der Waals surface area contributed by atoms with Gasteiger partial charge in [-0.3, -0.25) is 4.79 Å². The van der Waals surface area contributed by atoms with Crippen molar-refractivity contribution < 1.29 is 17.6 Å². The lowest BCUT2D eigenvalue weighted by molar-refractivity contribution is 0.103. The first-order valence-corrected chi connectivity index (χ1v) is 10.8. The topological polar surface area (TPSA) is 121 Å². The van der Waals surface area contributed by atoms with Crippen molar-refractivity contribution in [2.24, 2.45) is 5.73 Å². The van der Waals surface area contributed by atoms with E-state index in [0.717, 1.165) is 0 Å². The Labute approximate surface area is 173 Å². The van der Waals surface area contributed by atoms with Gasteiger partial charge in [0.05, 0.1) is 23.2 Å². The summed E-state index contributed by atoms with van der Waals surface area (Å²) in [7, 11) is -3.52. The molecule has 1 unspecified atom stereocenters. The summed E-state index contributed by atoms with van der Waals surface area (Å²) in [5, 5.41) is 3.02. The third-order valence-electron chi connectivity index (χ3n) is 4.56. The number of nitrogens with zero attached hydrogens (tertiary/aromatic N) is 2. The molecule has 7 nitrogen and oxygen atoms in total. The number of carbonyl (C=O) groups excluding carboxylic acids is 1. The van der Waals surface area contributed by atoms with Crippen LogP contribution in [0.2, 0.25) is 0 Å². The molecule has 0 saturated heterocycles. The second kappa shape index (κ2) is 8.60. The second-order valence-corrected chi connectivity index (χ2v) is 8.99. The molecule has 4 N–H and O–H groups in total. The van der Waals surface area contributed by atoms with Gasteiger partial charge in [0.25, 0.3) is 0 Å². The third-order valence-corrected chi connectivity index (χ3v) is 6.35. The Morgan fingerprint density at radius 3 is 2.60 bits per heavy atom. The van der Waals surface area contributed by atoms with E-state index in [0.29, 0.717) is 16.8 Å². The first-order chi connectivity index (χ1) is 14.2. The minimum Gasteiger partial charge on any atom is -0.383 e. The Morgan fingerprint density at radius 1 is 1.23 bits per heavy atom. The summed E-state index contributed by atoms with van der Waals surface area (Å²) in [6.07, 6.45) is 2.69. The molecular weight excluding hydrogens is 407 g/mol. The fraction of sp³-hybridized carbons (Fsp3) is 0.143. The summed E-state index contributed by atoms with van der Waals surface area (Å²) >= 11 is 0. The molecule has 0 radical (unpaired) electrons. The van der Waals surface area contributed by atoms with Crippen molar-refractivity contribution in [3.63, 3.8) is 0 Å². The number of nitrogens with two attached hydrogens (primary N) is 2. The first kappa shape index (κ1) is 21.4. The zero-order chi connectivity index (χ0) is 21.9. The van der Waals surface area contributed by atoms with E-state index in [-0.39, 0.29) is 29.3 Å². The average Bonchev–Trinajstić information content (AvgIpc) is 3.09. The van der Waals surface area contributed by atoms with Gasteiger partial charge >= 0.3 is 0 Å². The normalized spacial score (nSPS) is 12.5. The molecule has 0 amide bonds. The van der Waals surface area contributed by atoms with E-state index in [1.807, 2.05) is 0 Å². The zero-order valence-electron chi connectivity index (χ0n) is 16.0. The molecule has 3 rings (SSSR count). The number of sulfone groups is 1. The highest BCUT2D eigenvalue weighted by Gasteiger charge is 2.22. The van der Waals surface area contributed by atoms with Gasteiger partial charge in [0.2, 0.25) is 0 Å². The first-order valence-electron chi connectivity index (χ1n) is 9.04. The molecule has 1 aromatic heterocycles. The van der Waals surface area contributed by atoms with Crippen molar-refractivity contribution in [2.45, 2.75) is 11.8 Å². The van der Waals surface area contributed by atoms with E-state index < -0.39 is 21.0 Å². The van der Waals surface area contributed by atoms with E-state index in [1.165, 1.54) is 41.2 Å². The quantitative estimate of drug-likeness (QED) is 0.419. The fourth-order valence-electron chi connectivity index (χ4n) is 2.96. The molecule has 9 heteroatoms. The predicted molar refractivity (Wildman–Crippen MR) is 113 cm³/mol. The highest BCUT2D eigenvalue weighted by atomic mass is 32.2. The van der Waals surface area contributed by atoms with Crippen LogP contribution in [0, 0.1) is 5.82 Å². The molecule has 3 aromatic rings. The van der Waals surface area contributed by atoms with Crippen molar-refractivity contribution in [3.05, 3.63) is 89.9 Å². The smallest absolute Gasteiger partial charge is 0.198 e. The summed E-state index contributed by atoms with van der Waals surface area (Å²) in [6.45, 7) is 3.42.